The summed E-state index contributed by atoms with van der Waals surface area (Å²) in [5.41, 5.74) is 1.29. The molecule has 2 atom stereocenters. The van der Waals surface area contributed by atoms with Crippen molar-refractivity contribution in [3.8, 4) is 5.75 Å². The number of hydrogen-bond acceptors (Lipinski definition) is 3. The van der Waals surface area contributed by atoms with Crippen LogP contribution in [0, 0.1) is 0 Å². The molecule has 1 heterocycles. The first-order chi connectivity index (χ1) is 8.79. The second-order valence-electron chi connectivity index (χ2n) is 4.96. The van der Waals surface area contributed by atoms with E-state index in [4.69, 9.17) is 4.74 Å². The molecule has 1 N–H and O–H groups in total. The number of nitrogens with one attached hydrogen (secondary N) is 1. The van der Waals surface area contributed by atoms with Crippen molar-refractivity contribution in [3.63, 3.8) is 0 Å². The van der Waals surface area contributed by atoms with Crippen LogP contribution in [0.3, 0.4) is 0 Å². The number of thioether (sulfide) groups is 1. The van der Waals surface area contributed by atoms with Crippen molar-refractivity contribution in [2.45, 2.75) is 37.5 Å². The summed E-state index contributed by atoms with van der Waals surface area (Å²) in [6.07, 6.45) is 3.79. The van der Waals surface area contributed by atoms with E-state index in [9.17, 15) is 0 Å². The monoisotopic (exact) mass is 265 g/mol. The summed E-state index contributed by atoms with van der Waals surface area (Å²) in [5, 5.41) is 4.47. The van der Waals surface area contributed by atoms with Gasteiger partial charge in [0.1, 0.15) is 5.75 Å². The van der Waals surface area contributed by atoms with Crippen molar-refractivity contribution in [1.82, 2.24) is 5.32 Å². The van der Waals surface area contributed by atoms with Gasteiger partial charge in [0.25, 0.3) is 0 Å². The summed E-state index contributed by atoms with van der Waals surface area (Å²) >= 11 is 2.11. The maximum absolute atomic E-state index is 5.39. The lowest BCUT2D eigenvalue weighted by Crippen LogP contribution is -2.33. The summed E-state index contributed by atoms with van der Waals surface area (Å²) in [6.45, 7) is 3.40. The van der Waals surface area contributed by atoms with Crippen LogP contribution < -0.4 is 10.1 Å². The first kappa shape index (κ1) is 13.8. The Kier molecular flexibility index (Phi) is 5.39. The van der Waals surface area contributed by atoms with Gasteiger partial charge in [-0.3, -0.25) is 0 Å². The Labute approximate surface area is 114 Å². The molecule has 18 heavy (non-hydrogen) atoms. The molecule has 1 aliphatic heterocycles. The van der Waals surface area contributed by atoms with Gasteiger partial charge in [-0.05, 0) is 43.6 Å². The van der Waals surface area contributed by atoms with Crippen LogP contribution in [0.5, 0.6) is 5.75 Å². The quantitative estimate of drug-likeness (QED) is 0.854. The van der Waals surface area contributed by atoms with E-state index in [1.807, 2.05) is 12.1 Å². The minimum atomic E-state index is 0.502. The fraction of sp³-hybridized carbons (Fsp3) is 0.600. The normalized spacial score (nSPS) is 20.9. The van der Waals surface area contributed by atoms with E-state index >= 15 is 0 Å². The van der Waals surface area contributed by atoms with Gasteiger partial charge in [-0.1, -0.05) is 18.2 Å². The summed E-state index contributed by atoms with van der Waals surface area (Å²) in [4.78, 5) is 0. The van der Waals surface area contributed by atoms with Crippen molar-refractivity contribution in [1.29, 1.82) is 0 Å². The molecule has 1 saturated heterocycles. The van der Waals surface area contributed by atoms with Gasteiger partial charge in [-0.15, -0.1) is 0 Å². The van der Waals surface area contributed by atoms with Gasteiger partial charge in [0.05, 0.1) is 7.11 Å². The second kappa shape index (κ2) is 7.05. The second-order valence-corrected chi connectivity index (χ2v) is 6.37. The van der Waals surface area contributed by atoms with Crippen molar-refractivity contribution in [2.75, 3.05) is 19.4 Å². The number of hydrogen-bond donors (Lipinski definition) is 1. The standard InChI is InChI=1S/C15H23NOS/c1-12(16-11-14-7-5-9-18-14)10-13-6-3-4-8-15(13)17-2/h3-4,6,8,12,14,16H,5,7,9-11H2,1-2H3. The Morgan fingerprint density at radius 1 is 1.44 bits per heavy atom. The van der Waals surface area contributed by atoms with E-state index in [0.717, 1.165) is 24.0 Å². The first-order valence-corrected chi connectivity index (χ1v) is 7.81. The highest BCUT2D eigenvalue weighted by atomic mass is 32.2. The summed E-state index contributed by atoms with van der Waals surface area (Å²) in [5.74, 6) is 2.34. The molecule has 3 heteroatoms. The average molecular weight is 265 g/mol. The zero-order chi connectivity index (χ0) is 12.8. The molecule has 0 bridgehead atoms. The van der Waals surface area contributed by atoms with Crippen molar-refractivity contribution in [3.05, 3.63) is 29.8 Å². The molecule has 0 amide bonds. The van der Waals surface area contributed by atoms with Gasteiger partial charge in [-0.25, -0.2) is 0 Å². The van der Waals surface area contributed by atoms with E-state index < -0.39 is 0 Å². The zero-order valence-corrected chi connectivity index (χ0v) is 12.1. The summed E-state index contributed by atoms with van der Waals surface area (Å²) in [7, 11) is 1.74. The van der Waals surface area contributed by atoms with Gasteiger partial charge >= 0.3 is 0 Å². The number of ether oxygens (including phenoxy) is 1. The molecule has 0 aromatic heterocycles. The Bertz CT molecular complexity index is 363. The molecule has 2 nitrogen and oxygen atoms in total. The average Bonchev–Trinajstić information content (AvgIpc) is 2.90. The van der Waals surface area contributed by atoms with E-state index in [-0.39, 0.29) is 0 Å². The van der Waals surface area contributed by atoms with Crippen LogP contribution in [-0.4, -0.2) is 30.7 Å². The Morgan fingerprint density at radius 3 is 3.00 bits per heavy atom. The largest absolute Gasteiger partial charge is 0.496 e. The molecule has 2 unspecified atom stereocenters. The molecule has 1 fully saturated rings. The molecule has 1 aromatic rings. The lowest BCUT2D eigenvalue weighted by atomic mass is 10.1. The Balaban J connectivity index is 1.80. The Hall–Kier alpha value is -0.670. The lowest BCUT2D eigenvalue weighted by Gasteiger charge is -2.18. The third kappa shape index (κ3) is 3.92. The predicted octanol–water partition coefficient (Wildman–Crippen LogP) is 3.11. The molecule has 100 valence electrons. The fourth-order valence-electron chi connectivity index (χ4n) is 2.41. The maximum Gasteiger partial charge on any atom is 0.122 e. The number of benzene rings is 1. The van der Waals surface area contributed by atoms with E-state index in [1.165, 1.54) is 24.2 Å². The number of rotatable bonds is 6. The van der Waals surface area contributed by atoms with Gasteiger partial charge < -0.3 is 10.1 Å². The van der Waals surface area contributed by atoms with Crippen LogP contribution in [-0.2, 0) is 6.42 Å². The van der Waals surface area contributed by atoms with Crippen LogP contribution in [0.25, 0.3) is 0 Å². The minimum Gasteiger partial charge on any atom is -0.496 e. The van der Waals surface area contributed by atoms with Crippen molar-refractivity contribution >= 4 is 11.8 Å². The number of methoxy groups -OCH3 is 1. The fourth-order valence-corrected chi connectivity index (χ4v) is 3.63. The predicted molar refractivity (Wildman–Crippen MR) is 79.6 cm³/mol. The molecule has 2 rings (SSSR count). The summed E-state index contributed by atoms with van der Waals surface area (Å²) < 4.78 is 5.39. The van der Waals surface area contributed by atoms with E-state index in [0.29, 0.717) is 6.04 Å². The van der Waals surface area contributed by atoms with Crippen LogP contribution in [0.2, 0.25) is 0 Å². The SMILES string of the molecule is COc1ccccc1CC(C)NCC1CCCS1. The maximum atomic E-state index is 5.39. The van der Waals surface area contributed by atoms with Gasteiger partial charge in [0.2, 0.25) is 0 Å². The summed E-state index contributed by atoms with van der Waals surface area (Å²) in [6, 6.07) is 8.80. The van der Waals surface area contributed by atoms with E-state index in [2.05, 4.69) is 36.1 Å². The molecule has 0 radical (unpaired) electrons. The molecular formula is C15H23NOS. The van der Waals surface area contributed by atoms with Crippen molar-refractivity contribution < 1.29 is 4.74 Å². The van der Waals surface area contributed by atoms with Gasteiger partial charge in [0.15, 0.2) is 0 Å². The minimum absolute atomic E-state index is 0.502. The topological polar surface area (TPSA) is 21.3 Å². The molecule has 0 aliphatic carbocycles. The molecule has 1 aromatic carbocycles. The lowest BCUT2D eigenvalue weighted by molar-refractivity contribution is 0.406. The third-order valence-corrected chi connectivity index (χ3v) is 4.83. The smallest absolute Gasteiger partial charge is 0.122 e. The van der Waals surface area contributed by atoms with E-state index in [1.54, 1.807) is 7.11 Å². The highest BCUT2D eigenvalue weighted by Crippen LogP contribution is 2.25. The van der Waals surface area contributed by atoms with Crippen molar-refractivity contribution in [2.24, 2.45) is 0 Å². The highest BCUT2D eigenvalue weighted by molar-refractivity contribution is 8.00. The van der Waals surface area contributed by atoms with Crippen LogP contribution in [0.4, 0.5) is 0 Å². The highest BCUT2D eigenvalue weighted by Gasteiger charge is 2.16. The number of para-hydroxylation sites is 1. The first-order valence-electron chi connectivity index (χ1n) is 6.76. The molecule has 0 spiro atoms. The van der Waals surface area contributed by atoms with Crippen LogP contribution in [0.1, 0.15) is 25.3 Å². The van der Waals surface area contributed by atoms with Crippen LogP contribution >= 0.6 is 11.8 Å². The zero-order valence-electron chi connectivity index (χ0n) is 11.3. The third-order valence-electron chi connectivity index (χ3n) is 3.44. The molecule has 0 saturated carbocycles. The van der Waals surface area contributed by atoms with Gasteiger partial charge in [-0.2, -0.15) is 11.8 Å². The van der Waals surface area contributed by atoms with Crippen LogP contribution in [0.15, 0.2) is 24.3 Å². The van der Waals surface area contributed by atoms with Gasteiger partial charge in [0, 0.05) is 17.8 Å². The Morgan fingerprint density at radius 2 is 2.28 bits per heavy atom. The molecule has 1 aliphatic rings. The molecular weight excluding hydrogens is 242 g/mol.